The van der Waals surface area contributed by atoms with Crippen LogP contribution in [-0.2, 0) is 4.79 Å². The summed E-state index contributed by atoms with van der Waals surface area (Å²) >= 11 is 3.45. The van der Waals surface area contributed by atoms with Crippen LogP contribution in [0, 0.1) is 6.92 Å². The van der Waals surface area contributed by atoms with Crippen molar-refractivity contribution in [2.24, 2.45) is 0 Å². The predicted molar refractivity (Wildman–Crippen MR) is 79.9 cm³/mol. The minimum absolute atomic E-state index is 0.0507. The summed E-state index contributed by atoms with van der Waals surface area (Å²) in [4.78, 5) is 11.7. The summed E-state index contributed by atoms with van der Waals surface area (Å²) in [5.74, 6) is 0.0507. The number of carbonyl (C=O) groups is 1. The lowest BCUT2D eigenvalue weighted by atomic mass is 10.2. The van der Waals surface area contributed by atoms with Crippen LogP contribution in [0.15, 0.2) is 22.7 Å². The second kappa shape index (κ2) is 8.27. The largest absolute Gasteiger partial charge is 0.326 e. The molecule has 4 heteroatoms. The van der Waals surface area contributed by atoms with E-state index in [0.29, 0.717) is 6.42 Å². The highest BCUT2D eigenvalue weighted by Crippen LogP contribution is 2.20. The molecule has 0 aliphatic carbocycles. The number of unbranched alkanes of at least 4 members (excludes halogenated alkanes) is 1. The van der Waals surface area contributed by atoms with E-state index in [1.807, 2.05) is 25.1 Å². The first-order valence-electron chi connectivity index (χ1n) is 6.40. The molecule has 100 valence electrons. The number of carbonyl (C=O) groups excluding carboxylic acids is 1. The molecular weight excluding hydrogens is 292 g/mol. The fourth-order valence-corrected chi connectivity index (χ4v) is 1.90. The minimum Gasteiger partial charge on any atom is -0.326 e. The van der Waals surface area contributed by atoms with Gasteiger partial charge < -0.3 is 10.6 Å². The number of hydrogen-bond acceptors (Lipinski definition) is 2. The molecule has 0 aromatic heterocycles. The Bertz CT molecular complexity index is 393. The van der Waals surface area contributed by atoms with Gasteiger partial charge in [0.15, 0.2) is 0 Å². The van der Waals surface area contributed by atoms with Crippen molar-refractivity contribution < 1.29 is 4.79 Å². The average Bonchev–Trinajstić information content (AvgIpc) is 2.34. The number of hydrogen-bond donors (Lipinski definition) is 2. The Morgan fingerprint density at radius 2 is 2.11 bits per heavy atom. The smallest absolute Gasteiger partial charge is 0.225 e. The second-order valence-corrected chi connectivity index (χ2v) is 5.22. The van der Waals surface area contributed by atoms with E-state index >= 15 is 0 Å². The number of halogens is 1. The molecule has 0 saturated carbocycles. The molecule has 3 nitrogen and oxygen atoms in total. The molecule has 1 rings (SSSR count). The average molecular weight is 313 g/mol. The minimum atomic E-state index is 0.0507. The van der Waals surface area contributed by atoms with Crippen molar-refractivity contribution in [3.63, 3.8) is 0 Å². The zero-order valence-corrected chi connectivity index (χ0v) is 12.6. The molecule has 18 heavy (non-hydrogen) atoms. The van der Waals surface area contributed by atoms with Gasteiger partial charge >= 0.3 is 0 Å². The highest BCUT2D eigenvalue weighted by atomic mass is 79.9. The maximum absolute atomic E-state index is 11.7. The van der Waals surface area contributed by atoms with Crippen molar-refractivity contribution in [3.05, 3.63) is 28.2 Å². The number of anilines is 1. The van der Waals surface area contributed by atoms with Crippen molar-refractivity contribution in [1.82, 2.24) is 5.32 Å². The Labute approximate surface area is 117 Å². The number of amides is 1. The monoisotopic (exact) mass is 312 g/mol. The first kappa shape index (κ1) is 15.2. The number of benzene rings is 1. The molecule has 1 amide bonds. The molecule has 0 bridgehead atoms. The van der Waals surface area contributed by atoms with Gasteiger partial charge in [0.1, 0.15) is 0 Å². The Balaban J connectivity index is 2.29. The highest BCUT2D eigenvalue weighted by molar-refractivity contribution is 9.10. The van der Waals surface area contributed by atoms with Crippen LogP contribution in [0.25, 0.3) is 0 Å². The van der Waals surface area contributed by atoms with Crippen molar-refractivity contribution >= 4 is 27.5 Å². The fourth-order valence-electron chi connectivity index (χ4n) is 1.52. The lowest BCUT2D eigenvalue weighted by Crippen LogP contribution is -2.22. The molecule has 1 aromatic carbocycles. The van der Waals surface area contributed by atoms with Crippen LogP contribution in [0.1, 0.15) is 31.7 Å². The van der Waals surface area contributed by atoms with Crippen molar-refractivity contribution in [2.75, 3.05) is 18.4 Å². The van der Waals surface area contributed by atoms with Gasteiger partial charge in [-0.05, 0) is 37.6 Å². The van der Waals surface area contributed by atoms with E-state index in [0.717, 1.165) is 35.2 Å². The van der Waals surface area contributed by atoms with Crippen molar-refractivity contribution in [2.45, 2.75) is 33.1 Å². The lowest BCUT2D eigenvalue weighted by Gasteiger charge is -2.07. The zero-order valence-electron chi connectivity index (χ0n) is 11.1. The fraction of sp³-hybridized carbons (Fsp3) is 0.500. The molecule has 0 radical (unpaired) electrons. The van der Waals surface area contributed by atoms with Crippen LogP contribution in [0.5, 0.6) is 0 Å². The summed E-state index contributed by atoms with van der Waals surface area (Å²) in [7, 11) is 0. The first-order chi connectivity index (χ1) is 8.63. The molecule has 0 aliphatic heterocycles. The Kier molecular flexibility index (Phi) is 6.98. The number of rotatable bonds is 7. The molecule has 0 fully saturated rings. The van der Waals surface area contributed by atoms with Crippen LogP contribution in [-0.4, -0.2) is 19.0 Å². The van der Waals surface area contributed by atoms with Crippen LogP contribution in [0.4, 0.5) is 5.69 Å². The molecule has 0 saturated heterocycles. The molecule has 0 spiro atoms. The van der Waals surface area contributed by atoms with E-state index in [4.69, 9.17) is 0 Å². The van der Waals surface area contributed by atoms with Crippen LogP contribution < -0.4 is 10.6 Å². The summed E-state index contributed by atoms with van der Waals surface area (Å²) in [6, 6.07) is 5.83. The van der Waals surface area contributed by atoms with Gasteiger partial charge in [-0.3, -0.25) is 4.79 Å². The van der Waals surface area contributed by atoms with Crippen LogP contribution in [0.3, 0.4) is 0 Å². The van der Waals surface area contributed by atoms with Crippen molar-refractivity contribution in [1.29, 1.82) is 0 Å². The molecule has 0 heterocycles. The molecule has 2 N–H and O–H groups in total. The molecular formula is C14H21BrN2O. The van der Waals surface area contributed by atoms with Gasteiger partial charge in [-0.25, -0.2) is 0 Å². The van der Waals surface area contributed by atoms with Gasteiger partial charge in [0.25, 0.3) is 0 Å². The molecule has 1 aromatic rings. The standard InChI is InChI=1S/C14H21BrN2O/c1-3-4-8-16-9-7-14(18)17-12-6-5-11(2)13(15)10-12/h5-6,10,16H,3-4,7-9H2,1-2H3,(H,17,18). The number of nitrogens with one attached hydrogen (secondary N) is 2. The summed E-state index contributed by atoms with van der Waals surface area (Å²) in [6.45, 7) is 5.90. The molecule has 0 unspecified atom stereocenters. The maximum Gasteiger partial charge on any atom is 0.225 e. The highest BCUT2D eigenvalue weighted by Gasteiger charge is 2.03. The van der Waals surface area contributed by atoms with Gasteiger partial charge in [-0.1, -0.05) is 35.3 Å². The molecule has 0 atom stereocenters. The van der Waals surface area contributed by atoms with Gasteiger partial charge in [-0.15, -0.1) is 0 Å². The third kappa shape index (κ3) is 5.65. The van der Waals surface area contributed by atoms with E-state index in [2.05, 4.69) is 33.5 Å². The van der Waals surface area contributed by atoms with Gasteiger partial charge in [0, 0.05) is 23.1 Å². The van der Waals surface area contributed by atoms with Gasteiger partial charge in [0.05, 0.1) is 0 Å². The third-order valence-electron chi connectivity index (χ3n) is 2.69. The first-order valence-corrected chi connectivity index (χ1v) is 7.19. The summed E-state index contributed by atoms with van der Waals surface area (Å²) in [6.07, 6.45) is 2.85. The number of aryl methyl sites for hydroxylation is 1. The quantitative estimate of drug-likeness (QED) is 0.757. The lowest BCUT2D eigenvalue weighted by molar-refractivity contribution is -0.116. The van der Waals surface area contributed by atoms with E-state index in [1.54, 1.807) is 0 Å². The van der Waals surface area contributed by atoms with Gasteiger partial charge in [-0.2, -0.15) is 0 Å². The van der Waals surface area contributed by atoms with E-state index < -0.39 is 0 Å². The Hall–Kier alpha value is -0.870. The van der Waals surface area contributed by atoms with Crippen molar-refractivity contribution in [3.8, 4) is 0 Å². The normalized spacial score (nSPS) is 10.4. The zero-order chi connectivity index (χ0) is 13.4. The Morgan fingerprint density at radius 1 is 1.33 bits per heavy atom. The third-order valence-corrected chi connectivity index (χ3v) is 3.55. The second-order valence-electron chi connectivity index (χ2n) is 4.37. The van der Waals surface area contributed by atoms with E-state index in [-0.39, 0.29) is 5.91 Å². The molecule has 0 aliphatic rings. The predicted octanol–water partition coefficient (Wildman–Crippen LogP) is 3.48. The topological polar surface area (TPSA) is 41.1 Å². The summed E-state index contributed by atoms with van der Waals surface area (Å²) in [5.41, 5.74) is 2.00. The SMILES string of the molecule is CCCCNCCC(=O)Nc1ccc(C)c(Br)c1. The van der Waals surface area contributed by atoms with Crippen LogP contribution in [0.2, 0.25) is 0 Å². The van der Waals surface area contributed by atoms with Gasteiger partial charge in [0.2, 0.25) is 5.91 Å². The summed E-state index contributed by atoms with van der Waals surface area (Å²) in [5, 5.41) is 6.15. The van der Waals surface area contributed by atoms with Crippen LogP contribution >= 0.6 is 15.9 Å². The Morgan fingerprint density at radius 3 is 2.78 bits per heavy atom. The van der Waals surface area contributed by atoms with E-state index in [9.17, 15) is 4.79 Å². The maximum atomic E-state index is 11.7. The summed E-state index contributed by atoms with van der Waals surface area (Å²) < 4.78 is 1.02. The van der Waals surface area contributed by atoms with E-state index in [1.165, 1.54) is 6.42 Å².